The molecule has 4 aliphatic rings. The normalized spacial score (nSPS) is 21.0. The van der Waals surface area contributed by atoms with E-state index in [-0.39, 0.29) is 29.4 Å². The zero-order valence-corrected chi connectivity index (χ0v) is 31.2. The van der Waals surface area contributed by atoms with Crippen molar-refractivity contribution in [2.75, 3.05) is 90.2 Å². The number of hydrogen-bond acceptors (Lipinski definition) is 10. The van der Waals surface area contributed by atoms with Gasteiger partial charge in [0.2, 0.25) is 0 Å². The number of aryl methyl sites for hydroxylation is 1. The Morgan fingerprint density at radius 1 is 1.00 bits per heavy atom. The van der Waals surface area contributed by atoms with E-state index in [9.17, 15) is 18.0 Å². The molecular weight excluding hydrogens is 721 g/mol. The van der Waals surface area contributed by atoms with Gasteiger partial charge in [0.05, 0.1) is 17.7 Å². The van der Waals surface area contributed by atoms with Gasteiger partial charge in [0.25, 0.3) is 0 Å². The Bertz CT molecular complexity index is 1490. The SMILES string of the molecule is CCc1cc2c(N3CCC4(CC3)CN(C(=O)OC(C)(C)C)C4)nc(OC3CCN(CCN4CCOCC4)CC3)nc2c(OCC(F)(F)F)c1Br. The van der Waals surface area contributed by atoms with Gasteiger partial charge in [0.1, 0.15) is 23.0 Å². The van der Waals surface area contributed by atoms with Crippen LogP contribution in [0.2, 0.25) is 0 Å². The lowest BCUT2D eigenvalue weighted by Crippen LogP contribution is -2.62. The summed E-state index contributed by atoms with van der Waals surface area (Å²) < 4.78 is 63.7. The van der Waals surface area contributed by atoms with Crippen LogP contribution in [0.15, 0.2) is 10.5 Å². The van der Waals surface area contributed by atoms with E-state index in [1.165, 1.54) is 0 Å². The molecule has 11 nitrogen and oxygen atoms in total. The second-order valence-electron chi connectivity index (χ2n) is 15.1. The average Bonchev–Trinajstić information content (AvgIpc) is 3.05. The third-order valence-corrected chi connectivity index (χ3v) is 11.0. The molecule has 4 aliphatic heterocycles. The number of amides is 1. The molecule has 1 amide bonds. The van der Waals surface area contributed by atoms with Crippen LogP contribution in [-0.2, 0) is 15.9 Å². The Hall–Kier alpha value is -2.62. The molecule has 15 heteroatoms. The molecule has 278 valence electrons. The molecule has 0 aliphatic carbocycles. The van der Waals surface area contributed by atoms with Gasteiger partial charge in [-0.15, -0.1) is 0 Å². The second kappa shape index (κ2) is 15.2. The van der Waals surface area contributed by atoms with E-state index in [4.69, 9.17) is 28.9 Å². The highest BCUT2D eigenvalue weighted by molar-refractivity contribution is 9.10. The largest absolute Gasteiger partial charge is 0.481 e. The van der Waals surface area contributed by atoms with Gasteiger partial charge in [-0.1, -0.05) is 6.92 Å². The fraction of sp³-hybridized carbons (Fsp3) is 0.743. The number of ether oxygens (including phenoxy) is 4. The molecule has 0 unspecified atom stereocenters. The predicted molar refractivity (Wildman–Crippen MR) is 187 cm³/mol. The lowest BCUT2D eigenvalue weighted by Gasteiger charge is -2.53. The van der Waals surface area contributed by atoms with Gasteiger partial charge in [0, 0.05) is 76.2 Å². The molecule has 2 aromatic rings. The summed E-state index contributed by atoms with van der Waals surface area (Å²) in [4.78, 5) is 31.1. The Balaban J connectivity index is 1.20. The van der Waals surface area contributed by atoms with Crippen molar-refractivity contribution in [1.82, 2.24) is 24.7 Å². The fourth-order valence-electron chi connectivity index (χ4n) is 7.30. The quantitative estimate of drug-likeness (QED) is 0.307. The first-order valence-electron chi connectivity index (χ1n) is 17.9. The van der Waals surface area contributed by atoms with E-state index in [0.717, 1.165) is 83.7 Å². The second-order valence-corrected chi connectivity index (χ2v) is 15.9. The van der Waals surface area contributed by atoms with E-state index in [0.29, 0.717) is 53.8 Å². The Morgan fingerprint density at radius 3 is 2.24 bits per heavy atom. The van der Waals surface area contributed by atoms with Crippen molar-refractivity contribution in [1.29, 1.82) is 0 Å². The van der Waals surface area contributed by atoms with E-state index in [1.807, 2.05) is 33.8 Å². The molecule has 5 heterocycles. The van der Waals surface area contributed by atoms with Crippen molar-refractivity contribution in [2.45, 2.75) is 77.7 Å². The monoisotopic (exact) mass is 770 g/mol. The van der Waals surface area contributed by atoms with Crippen molar-refractivity contribution in [2.24, 2.45) is 5.41 Å². The summed E-state index contributed by atoms with van der Waals surface area (Å²) in [6, 6.07) is 2.09. The van der Waals surface area contributed by atoms with E-state index >= 15 is 0 Å². The smallest absolute Gasteiger partial charge is 0.422 e. The summed E-state index contributed by atoms with van der Waals surface area (Å²) in [6.45, 7) is 16.0. The maximum Gasteiger partial charge on any atom is 0.422 e. The molecule has 50 heavy (non-hydrogen) atoms. The van der Waals surface area contributed by atoms with Crippen LogP contribution >= 0.6 is 15.9 Å². The number of piperidine rings is 2. The molecule has 0 radical (unpaired) electrons. The number of halogens is 4. The van der Waals surface area contributed by atoms with Gasteiger partial charge >= 0.3 is 18.3 Å². The van der Waals surface area contributed by atoms with Crippen molar-refractivity contribution in [3.8, 4) is 11.8 Å². The zero-order valence-electron chi connectivity index (χ0n) is 29.6. The number of morpholine rings is 1. The van der Waals surface area contributed by atoms with Crippen molar-refractivity contribution >= 4 is 38.7 Å². The first kappa shape index (κ1) is 37.1. The third kappa shape index (κ3) is 9.05. The average molecular weight is 772 g/mol. The third-order valence-electron chi connectivity index (χ3n) is 10.2. The van der Waals surface area contributed by atoms with Gasteiger partial charge in [-0.25, -0.2) is 4.79 Å². The number of nitrogens with zero attached hydrogens (tertiary/aromatic N) is 6. The van der Waals surface area contributed by atoms with Crippen LogP contribution < -0.4 is 14.4 Å². The van der Waals surface area contributed by atoms with E-state index in [2.05, 4.69) is 30.6 Å². The highest BCUT2D eigenvalue weighted by Crippen LogP contribution is 2.45. The van der Waals surface area contributed by atoms with Gasteiger partial charge in [-0.2, -0.15) is 23.1 Å². The van der Waals surface area contributed by atoms with Crippen LogP contribution in [-0.4, -0.2) is 134 Å². The molecule has 6 rings (SSSR count). The van der Waals surface area contributed by atoms with Gasteiger partial charge in [-0.05, 0) is 80.4 Å². The van der Waals surface area contributed by atoms with Gasteiger partial charge < -0.3 is 33.6 Å². The number of carbonyl (C=O) groups is 1. The molecule has 0 bridgehead atoms. The highest BCUT2D eigenvalue weighted by Gasteiger charge is 2.48. The molecular formula is C35H50BrF3N6O5. The summed E-state index contributed by atoms with van der Waals surface area (Å²) in [7, 11) is 0. The number of carbonyl (C=O) groups excluding carboxylic acids is 1. The molecule has 4 fully saturated rings. The van der Waals surface area contributed by atoms with Gasteiger partial charge in [0.15, 0.2) is 12.4 Å². The minimum atomic E-state index is -4.52. The number of anilines is 1. The maximum absolute atomic E-state index is 13.4. The first-order valence-corrected chi connectivity index (χ1v) is 18.6. The summed E-state index contributed by atoms with van der Waals surface area (Å²) >= 11 is 3.53. The first-order chi connectivity index (χ1) is 23.7. The standard InChI is InChI=1S/C35H50BrF3N6O5/c1-5-24-20-26-28(29(27(24)36)48-23-35(37,38)39)40-31(49-25-6-10-42(11-7-25)14-15-43-16-18-47-19-17-43)41-30(26)44-12-8-34(9-13-44)21-45(22-34)32(46)50-33(2,3)4/h20,25H,5-19,21-23H2,1-4H3. The summed E-state index contributed by atoms with van der Waals surface area (Å²) in [5.41, 5.74) is 0.551. The summed E-state index contributed by atoms with van der Waals surface area (Å²) in [6.07, 6.45) is -1.07. The van der Waals surface area contributed by atoms with Crippen molar-refractivity contribution in [3.05, 3.63) is 16.1 Å². The maximum atomic E-state index is 13.4. The van der Waals surface area contributed by atoms with Crippen LogP contribution in [0.3, 0.4) is 0 Å². The number of fused-ring (bicyclic) bond motifs is 1. The lowest BCUT2D eigenvalue weighted by molar-refractivity contribution is -0.153. The molecule has 0 N–H and O–H groups in total. The number of alkyl halides is 3. The molecule has 0 saturated carbocycles. The number of aromatic nitrogens is 2. The Morgan fingerprint density at radius 2 is 1.64 bits per heavy atom. The number of benzene rings is 1. The van der Waals surface area contributed by atoms with Crippen LogP contribution in [0.1, 0.15) is 58.9 Å². The Kier molecular flexibility index (Phi) is 11.3. The zero-order chi connectivity index (χ0) is 35.7. The number of hydrogen-bond donors (Lipinski definition) is 0. The minimum absolute atomic E-state index is 0.00387. The lowest BCUT2D eigenvalue weighted by atomic mass is 9.72. The van der Waals surface area contributed by atoms with Crippen molar-refractivity contribution < 1.29 is 36.9 Å². The number of rotatable bonds is 9. The number of likely N-dealkylation sites (tertiary alicyclic amines) is 2. The summed E-state index contributed by atoms with van der Waals surface area (Å²) in [5.74, 6) is 0.675. The Labute approximate surface area is 300 Å². The molecule has 1 aromatic heterocycles. The van der Waals surface area contributed by atoms with Crippen LogP contribution in [0, 0.1) is 5.41 Å². The van der Waals surface area contributed by atoms with Crippen LogP contribution in [0.5, 0.6) is 11.8 Å². The molecule has 1 spiro atoms. The van der Waals surface area contributed by atoms with E-state index < -0.39 is 18.4 Å². The van der Waals surface area contributed by atoms with Gasteiger partial charge in [-0.3, -0.25) is 4.90 Å². The predicted octanol–water partition coefficient (Wildman–Crippen LogP) is 5.91. The van der Waals surface area contributed by atoms with Crippen LogP contribution in [0.4, 0.5) is 23.8 Å². The minimum Gasteiger partial charge on any atom is -0.481 e. The molecule has 4 saturated heterocycles. The molecule has 0 atom stereocenters. The fourth-order valence-corrected chi connectivity index (χ4v) is 8.00. The van der Waals surface area contributed by atoms with Crippen molar-refractivity contribution in [3.63, 3.8) is 0 Å². The summed E-state index contributed by atoms with van der Waals surface area (Å²) in [5, 5.41) is 0.632. The van der Waals surface area contributed by atoms with Crippen LogP contribution in [0.25, 0.3) is 10.9 Å². The molecule has 1 aromatic carbocycles. The van der Waals surface area contributed by atoms with E-state index in [1.54, 1.807) is 4.90 Å². The topological polar surface area (TPSA) is 92.7 Å². The highest BCUT2D eigenvalue weighted by atomic mass is 79.9.